The Balaban J connectivity index is 1.58. The zero-order valence-electron chi connectivity index (χ0n) is 18.3. The number of hydrogen-bond acceptors (Lipinski definition) is 5. The quantitative estimate of drug-likeness (QED) is 0.604. The molecule has 2 atom stereocenters. The molecule has 162 valence electrons. The van der Waals surface area contributed by atoms with Crippen molar-refractivity contribution in [3.05, 3.63) is 29.8 Å². The van der Waals surface area contributed by atoms with E-state index in [2.05, 4.69) is 57.9 Å². The SMILES string of the molecule is CCCN1CCC(N2C[C@@H](NCc3ccc(SC)cc3)C[C@H]2C(=O)NCC)CC1. The Morgan fingerprint density at radius 2 is 1.90 bits per heavy atom. The van der Waals surface area contributed by atoms with Crippen molar-refractivity contribution in [3.63, 3.8) is 0 Å². The highest BCUT2D eigenvalue weighted by Crippen LogP contribution is 2.27. The Hall–Kier alpha value is -1.08. The van der Waals surface area contributed by atoms with E-state index in [0.717, 1.165) is 32.6 Å². The summed E-state index contributed by atoms with van der Waals surface area (Å²) in [5, 5.41) is 6.79. The van der Waals surface area contributed by atoms with E-state index in [4.69, 9.17) is 0 Å². The molecule has 0 spiro atoms. The first-order chi connectivity index (χ1) is 14.1. The van der Waals surface area contributed by atoms with E-state index in [9.17, 15) is 4.79 Å². The van der Waals surface area contributed by atoms with Crippen molar-refractivity contribution in [1.82, 2.24) is 20.4 Å². The standard InChI is InChI=1S/C23H38N4OS/c1-4-12-26-13-10-20(11-14-26)27-17-19(15-22(27)23(28)24-5-2)25-16-18-6-8-21(29-3)9-7-18/h6-9,19-20,22,25H,4-5,10-17H2,1-3H3,(H,24,28)/t19-,22-/m0/s1. The molecule has 0 aromatic heterocycles. The Morgan fingerprint density at radius 1 is 1.17 bits per heavy atom. The van der Waals surface area contributed by atoms with E-state index in [1.165, 1.54) is 36.3 Å². The number of nitrogens with one attached hydrogen (secondary N) is 2. The van der Waals surface area contributed by atoms with Gasteiger partial charge in [-0.15, -0.1) is 11.8 Å². The molecule has 2 aliphatic rings. The van der Waals surface area contributed by atoms with Crippen LogP contribution in [0.15, 0.2) is 29.2 Å². The number of thioether (sulfide) groups is 1. The van der Waals surface area contributed by atoms with Crippen molar-refractivity contribution in [2.24, 2.45) is 0 Å². The highest BCUT2D eigenvalue weighted by Gasteiger charge is 2.40. The summed E-state index contributed by atoms with van der Waals surface area (Å²) in [5.41, 5.74) is 1.31. The summed E-state index contributed by atoms with van der Waals surface area (Å²) in [7, 11) is 0. The summed E-state index contributed by atoms with van der Waals surface area (Å²) >= 11 is 1.77. The molecule has 3 rings (SSSR count). The van der Waals surface area contributed by atoms with E-state index >= 15 is 0 Å². The van der Waals surface area contributed by atoms with Crippen LogP contribution in [-0.2, 0) is 11.3 Å². The number of likely N-dealkylation sites (N-methyl/N-ethyl adjacent to an activating group) is 1. The summed E-state index contributed by atoms with van der Waals surface area (Å²) in [6.45, 7) is 10.3. The first-order valence-corrected chi connectivity index (χ1v) is 12.5. The van der Waals surface area contributed by atoms with Crippen LogP contribution in [-0.4, -0.2) is 72.8 Å². The summed E-state index contributed by atoms with van der Waals surface area (Å²) in [6, 6.07) is 9.69. The first kappa shape index (κ1) is 22.6. The van der Waals surface area contributed by atoms with Crippen LogP contribution in [0.5, 0.6) is 0 Å². The lowest BCUT2D eigenvalue weighted by Crippen LogP contribution is -2.51. The molecule has 1 aromatic rings. The maximum Gasteiger partial charge on any atom is 0.237 e. The number of rotatable bonds is 9. The number of carbonyl (C=O) groups is 1. The maximum absolute atomic E-state index is 12.8. The Bertz CT molecular complexity index is 630. The number of benzene rings is 1. The van der Waals surface area contributed by atoms with Crippen molar-refractivity contribution in [2.75, 3.05) is 39.0 Å². The van der Waals surface area contributed by atoms with E-state index in [1.54, 1.807) is 11.8 Å². The van der Waals surface area contributed by atoms with Crippen molar-refractivity contribution in [3.8, 4) is 0 Å². The number of amides is 1. The topological polar surface area (TPSA) is 47.6 Å². The molecule has 2 saturated heterocycles. The summed E-state index contributed by atoms with van der Waals surface area (Å²) < 4.78 is 0. The molecule has 0 aliphatic carbocycles. The van der Waals surface area contributed by atoms with Crippen LogP contribution in [0.4, 0.5) is 0 Å². The van der Waals surface area contributed by atoms with Gasteiger partial charge in [-0.1, -0.05) is 19.1 Å². The Morgan fingerprint density at radius 3 is 2.52 bits per heavy atom. The van der Waals surface area contributed by atoms with Gasteiger partial charge in [0.25, 0.3) is 0 Å². The molecule has 2 aliphatic heterocycles. The molecule has 0 bridgehead atoms. The minimum absolute atomic E-state index is 0.00837. The lowest BCUT2D eigenvalue weighted by atomic mass is 10.0. The largest absolute Gasteiger partial charge is 0.355 e. The van der Waals surface area contributed by atoms with Gasteiger partial charge in [0.2, 0.25) is 5.91 Å². The van der Waals surface area contributed by atoms with E-state index in [0.29, 0.717) is 18.6 Å². The van der Waals surface area contributed by atoms with Crippen molar-refractivity contribution in [1.29, 1.82) is 0 Å². The van der Waals surface area contributed by atoms with Crippen LogP contribution >= 0.6 is 11.8 Å². The Kier molecular flexibility index (Phi) is 8.85. The highest BCUT2D eigenvalue weighted by atomic mass is 32.2. The van der Waals surface area contributed by atoms with Gasteiger partial charge in [0.15, 0.2) is 0 Å². The number of nitrogens with zero attached hydrogens (tertiary/aromatic N) is 2. The van der Waals surface area contributed by atoms with Gasteiger partial charge < -0.3 is 15.5 Å². The fourth-order valence-corrected chi connectivity index (χ4v) is 5.17. The first-order valence-electron chi connectivity index (χ1n) is 11.3. The minimum atomic E-state index is 0.00837. The minimum Gasteiger partial charge on any atom is -0.355 e. The molecule has 0 unspecified atom stereocenters. The van der Waals surface area contributed by atoms with E-state index in [-0.39, 0.29) is 11.9 Å². The fourth-order valence-electron chi connectivity index (χ4n) is 4.76. The molecule has 2 fully saturated rings. The monoisotopic (exact) mass is 418 g/mol. The predicted octanol–water partition coefficient (Wildman–Crippen LogP) is 2.95. The second kappa shape index (κ2) is 11.3. The summed E-state index contributed by atoms with van der Waals surface area (Å²) in [6.07, 6.45) is 6.59. The average molecular weight is 419 g/mol. The van der Waals surface area contributed by atoms with Gasteiger partial charge in [0.05, 0.1) is 6.04 Å². The van der Waals surface area contributed by atoms with Crippen LogP contribution < -0.4 is 10.6 Å². The molecule has 0 saturated carbocycles. The number of piperidine rings is 1. The molecule has 5 nitrogen and oxygen atoms in total. The smallest absolute Gasteiger partial charge is 0.237 e. The molecule has 0 radical (unpaired) electrons. The zero-order valence-corrected chi connectivity index (χ0v) is 19.1. The lowest BCUT2D eigenvalue weighted by molar-refractivity contribution is -0.126. The van der Waals surface area contributed by atoms with E-state index in [1.807, 2.05) is 6.92 Å². The third-order valence-corrected chi connectivity index (χ3v) is 7.06. The van der Waals surface area contributed by atoms with Gasteiger partial charge >= 0.3 is 0 Å². The zero-order chi connectivity index (χ0) is 20.6. The van der Waals surface area contributed by atoms with Gasteiger partial charge in [0.1, 0.15) is 0 Å². The lowest BCUT2D eigenvalue weighted by Gasteiger charge is -2.38. The van der Waals surface area contributed by atoms with Crippen molar-refractivity contribution >= 4 is 17.7 Å². The number of hydrogen-bond donors (Lipinski definition) is 2. The van der Waals surface area contributed by atoms with Gasteiger partial charge in [-0.25, -0.2) is 0 Å². The van der Waals surface area contributed by atoms with Crippen LogP contribution in [0.1, 0.15) is 45.1 Å². The fraction of sp³-hybridized carbons (Fsp3) is 0.696. The maximum atomic E-state index is 12.8. The van der Waals surface area contributed by atoms with E-state index < -0.39 is 0 Å². The summed E-state index contributed by atoms with van der Waals surface area (Å²) in [5.74, 6) is 0.206. The summed E-state index contributed by atoms with van der Waals surface area (Å²) in [4.78, 5) is 19.1. The molecular weight excluding hydrogens is 380 g/mol. The molecular formula is C23H38N4OS. The van der Waals surface area contributed by atoms with Crippen molar-refractivity contribution < 1.29 is 4.79 Å². The second-order valence-electron chi connectivity index (χ2n) is 8.34. The number of likely N-dealkylation sites (tertiary alicyclic amines) is 2. The van der Waals surface area contributed by atoms with Crippen LogP contribution in [0.3, 0.4) is 0 Å². The number of carbonyl (C=O) groups excluding carboxylic acids is 1. The molecule has 1 amide bonds. The molecule has 2 N–H and O–H groups in total. The van der Waals surface area contributed by atoms with Crippen LogP contribution in [0.25, 0.3) is 0 Å². The van der Waals surface area contributed by atoms with Gasteiger partial charge in [-0.3, -0.25) is 9.69 Å². The third-order valence-electron chi connectivity index (χ3n) is 6.31. The predicted molar refractivity (Wildman–Crippen MR) is 122 cm³/mol. The molecule has 1 aromatic carbocycles. The van der Waals surface area contributed by atoms with Crippen molar-refractivity contribution in [2.45, 2.75) is 69.1 Å². The normalized spacial score (nSPS) is 24.1. The Labute approximate surface area is 181 Å². The molecule has 29 heavy (non-hydrogen) atoms. The van der Waals surface area contributed by atoms with Gasteiger partial charge in [-0.05, 0) is 76.2 Å². The average Bonchev–Trinajstić information content (AvgIpc) is 3.18. The molecule has 2 heterocycles. The van der Waals surface area contributed by atoms with Crippen LogP contribution in [0.2, 0.25) is 0 Å². The van der Waals surface area contributed by atoms with Gasteiger partial charge in [-0.2, -0.15) is 0 Å². The highest BCUT2D eigenvalue weighted by molar-refractivity contribution is 7.98. The van der Waals surface area contributed by atoms with Crippen LogP contribution in [0, 0.1) is 0 Å². The van der Waals surface area contributed by atoms with Gasteiger partial charge in [0, 0.05) is 36.6 Å². The second-order valence-corrected chi connectivity index (χ2v) is 9.22. The molecule has 6 heteroatoms. The third kappa shape index (κ3) is 6.20.